The van der Waals surface area contributed by atoms with Gasteiger partial charge < -0.3 is 5.11 Å². The van der Waals surface area contributed by atoms with Crippen molar-refractivity contribution in [3.63, 3.8) is 0 Å². The molecule has 0 amide bonds. The van der Waals surface area contributed by atoms with E-state index in [0.717, 1.165) is 26.2 Å². The molecule has 0 saturated heterocycles. The van der Waals surface area contributed by atoms with Gasteiger partial charge in [-0.25, -0.2) is 5.57 Å². The van der Waals surface area contributed by atoms with Gasteiger partial charge in [-0.2, -0.15) is 11.1 Å². The van der Waals surface area contributed by atoms with Crippen LogP contribution in [0.25, 0.3) is 11.1 Å². The molecule has 1 unspecified atom stereocenters. The number of hydrogen-bond donors (Lipinski definition) is 1. The van der Waals surface area contributed by atoms with Gasteiger partial charge in [-0.3, -0.25) is 6.08 Å². The monoisotopic (exact) mass is 483 g/mol. The van der Waals surface area contributed by atoms with Crippen LogP contribution in [0.4, 0.5) is 0 Å². The van der Waals surface area contributed by atoms with Crippen LogP contribution in [0.1, 0.15) is 33.3 Å². The van der Waals surface area contributed by atoms with Crippen LogP contribution >= 0.6 is 24.8 Å². The molecule has 0 heterocycles. The van der Waals surface area contributed by atoms with E-state index in [1.165, 1.54) is 16.7 Å². The second-order valence-corrected chi connectivity index (χ2v) is 7.72. The third-order valence-corrected chi connectivity index (χ3v) is 4.41. The first kappa shape index (κ1) is 32.9. The predicted molar refractivity (Wildman–Crippen MR) is 130 cm³/mol. The van der Waals surface area contributed by atoms with Gasteiger partial charge in [-0.15, -0.1) is 31.7 Å². The third kappa shape index (κ3) is 11.3. The van der Waals surface area contributed by atoms with Gasteiger partial charge in [0.25, 0.3) is 0 Å². The SMILES string of the molecule is CC1=[C-]C(C)C(C)=C1C.C[Si]C.Cc1cc(O)cc(-c2ccccc2)c1.Cl.Cl.[Ti]. The minimum absolute atomic E-state index is 0. The summed E-state index contributed by atoms with van der Waals surface area (Å²) in [6.07, 6.45) is 3.36. The molecule has 0 fully saturated rings. The van der Waals surface area contributed by atoms with E-state index in [4.69, 9.17) is 0 Å². The summed E-state index contributed by atoms with van der Waals surface area (Å²) in [6, 6.07) is 15.6. The molecule has 3 rings (SSSR count). The van der Waals surface area contributed by atoms with Crippen LogP contribution in [0.2, 0.25) is 13.1 Å². The van der Waals surface area contributed by atoms with Crippen LogP contribution in [0.5, 0.6) is 5.75 Å². The maximum atomic E-state index is 9.46. The second kappa shape index (κ2) is 17.0. The van der Waals surface area contributed by atoms with Gasteiger partial charge in [0, 0.05) is 31.2 Å². The number of hydrogen-bond acceptors (Lipinski definition) is 1. The molecular weight excluding hydrogens is 451 g/mol. The van der Waals surface area contributed by atoms with Gasteiger partial charge in [0.1, 0.15) is 5.75 Å². The first-order valence-corrected chi connectivity index (χ1v) is 11.0. The number of aromatic hydroxyl groups is 1. The summed E-state index contributed by atoms with van der Waals surface area (Å²) in [5, 5.41) is 9.46. The summed E-state index contributed by atoms with van der Waals surface area (Å²) in [4.78, 5) is 0. The van der Waals surface area contributed by atoms with Crippen LogP contribution < -0.4 is 0 Å². The van der Waals surface area contributed by atoms with Gasteiger partial charge in [-0.05, 0) is 35.7 Å². The molecule has 0 bridgehead atoms. The predicted octanol–water partition coefficient (Wildman–Crippen LogP) is 7.72. The molecular formula is C24H33Cl2OSiTi-. The van der Waals surface area contributed by atoms with Crippen LogP contribution in [-0.4, -0.2) is 14.6 Å². The number of halogens is 2. The van der Waals surface area contributed by atoms with E-state index >= 15 is 0 Å². The van der Waals surface area contributed by atoms with Gasteiger partial charge >= 0.3 is 0 Å². The zero-order valence-corrected chi connectivity index (χ0v) is 22.7. The number of allylic oxidation sites excluding steroid dienone is 4. The molecule has 158 valence electrons. The number of aryl methyl sites for hydroxylation is 1. The Bertz CT molecular complexity index is 753. The van der Waals surface area contributed by atoms with Crippen molar-refractivity contribution in [2.75, 3.05) is 0 Å². The maximum Gasteiger partial charge on any atom is 0.116 e. The van der Waals surface area contributed by atoms with Crippen molar-refractivity contribution in [2.45, 2.75) is 47.7 Å². The van der Waals surface area contributed by atoms with E-state index in [1.807, 2.05) is 37.3 Å². The largest absolute Gasteiger partial charge is 0.508 e. The summed E-state index contributed by atoms with van der Waals surface area (Å²) in [5.74, 6) is 0.883. The van der Waals surface area contributed by atoms with Crippen LogP contribution in [-0.2, 0) is 21.7 Å². The van der Waals surface area contributed by atoms with Gasteiger partial charge in [0.05, 0.1) is 0 Å². The summed E-state index contributed by atoms with van der Waals surface area (Å²) >= 11 is 0. The van der Waals surface area contributed by atoms with Crippen molar-refractivity contribution in [1.29, 1.82) is 0 Å². The third-order valence-electron chi connectivity index (χ3n) is 4.41. The molecule has 1 nitrogen and oxygen atoms in total. The first-order valence-electron chi connectivity index (χ1n) is 9.02. The molecule has 0 aliphatic heterocycles. The van der Waals surface area contributed by atoms with Crippen molar-refractivity contribution in [3.8, 4) is 16.9 Å². The normalized spacial score (nSPS) is 13.9. The zero-order chi connectivity index (χ0) is 19.7. The van der Waals surface area contributed by atoms with E-state index in [9.17, 15) is 5.11 Å². The van der Waals surface area contributed by atoms with E-state index in [-0.39, 0.29) is 46.5 Å². The maximum absolute atomic E-state index is 9.46. The van der Waals surface area contributed by atoms with Crippen molar-refractivity contribution < 1.29 is 26.8 Å². The van der Waals surface area contributed by atoms with Gasteiger partial charge in [-0.1, -0.05) is 76.2 Å². The Hall–Kier alpha value is -0.769. The Balaban J connectivity index is -0.000000397. The topological polar surface area (TPSA) is 20.2 Å². The average Bonchev–Trinajstić information content (AvgIpc) is 2.82. The molecule has 1 aliphatic rings. The quantitative estimate of drug-likeness (QED) is 0.325. The van der Waals surface area contributed by atoms with E-state index in [2.05, 4.69) is 52.9 Å². The number of phenolic OH excluding ortho intramolecular Hbond substituents is 1. The molecule has 0 aromatic heterocycles. The Morgan fingerprint density at radius 3 is 1.72 bits per heavy atom. The Morgan fingerprint density at radius 2 is 1.38 bits per heavy atom. The standard InChI is InChI=1S/C13H12O.C9H13.C2H6Si.2ClH.Ti/c1-10-7-12(9-13(14)8-10)11-5-3-2-4-6-11;1-6-5-7(2)9(4)8(6)3;1-3-2;;;/h2-9,14H,1H3;6H,1-4H3;1-2H3;2*1H;/q;-1;;;;. The average molecular weight is 484 g/mol. The van der Waals surface area contributed by atoms with Crippen LogP contribution in [0.15, 0.2) is 65.3 Å². The van der Waals surface area contributed by atoms with E-state index in [1.54, 1.807) is 12.1 Å². The molecule has 2 radical (unpaired) electrons. The van der Waals surface area contributed by atoms with Crippen molar-refractivity contribution >= 4 is 34.3 Å². The van der Waals surface area contributed by atoms with Gasteiger partial charge in [0.2, 0.25) is 0 Å². The van der Waals surface area contributed by atoms with Gasteiger partial charge in [0.15, 0.2) is 0 Å². The molecule has 2 aromatic rings. The molecule has 5 heteroatoms. The minimum Gasteiger partial charge on any atom is -0.508 e. The zero-order valence-electron chi connectivity index (χ0n) is 18.5. The van der Waals surface area contributed by atoms with E-state index < -0.39 is 0 Å². The molecule has 29 heavy (non-hydrogen) atoms. The fourth-order valence-electron chi connectivity index (χ4n) is 2.72. The Morgan fingerprint density at radius 1 is 0.862 bits per heavy atom. The Labute approximate surface area is 207 Å². The van der Waals surface area contributed by atoms with Crippen LogP contribution in [0, 0.1) is 18.9 Å². The Kier molecular flexibility index (Phi) is 19.2. The number of rotatable bonds is 1. The molecule has 2 aromatic carbocycles. The molecule has 1 N–H and O–H groups in total. The summed E-state index contributed by atoms with van der Waals surface area (Å²) in [7, 11) is 1.08. The second-order valence-electron chi connectivity index (χ2n) is 6.72. The fraction of sp³-hybridized carbons (Fsp3) is 0.333. The summed E-state index contributed by atoms with van der Waals surface area (Å²) in [6.45, 7) is 15.0. The van der Waals surface area contributed by atoms with Crippen molar-refractivity contribution in [3.05, 3.63) is 76.9 Å². The summed E-state index contributed by atoms with van der Waals surface area (Å²) in [5.41, 5.74) is 7.51. The molecule has 1 aliphatic carbocycles. The van der Waals surface area contributed by atoms with Crippen molar-refractivity contribution in [1.82, 2.24) is 0 Å². The number of phenols is 1. The summed E-state index contributed by atoms with van der Waals surface area (Å²) < 4.78 is 0. The van der Waals surface area contributed by atoms with Crippen LogP contribution in [0.3, 0.4) is 0 Å². The fourth-order valence-corrected chi connectivity index (χ4v) is 2.72. The molecule has 1 atom stereocenters. The molecule has 0 saturated carbocycles. The first-order chi connectivity index (χ1) is 12.3. The smallest absolute Gasteiger partial charge is 0.116 e. The minimum atomic E-state index is 0. The number of benzene rings is 2. The van der Waals surface area contributed by atoms with Crippen molar-refractivity contribution in [2.24, 2.45) is 5.92 Å². The van der Waals surface area contributed by atoms with E-state index in [0.29, 0.717) is 11.7 Å². The molecule has 0 spiro atoms.